The molecule has 0 spiro atoms. The summed E-state index contributed by atoms with van der Waals surface area (Å²) < 4.78 is 0.865. The van der Waals surface area contributed by atoms with E-state index in [-0.39, 0.29) is 12.5 Å². The van der Waals surface area contributed by atoms with Crippen LogP contribution >= 0.6 is 15.9 Å². The fourth-order valence-corrected chi connectivity index (χ4v) is 2.27. The molecule has 20 heavy (non-hydrogen) atoms. The number of nitrogens with one attached hydrogen (secondary N) is 1. The molecule has 2 rings (SSSR count). The van der Waals surface area contributed by atoms with Gasteiger partial charge in [0, 0.05) is 10.5 Å². The Morgan fingerprint density at radius 2 is 2.10 bits per heavy atom. The average molecular weight is 337 g/mol. The number of halogens is 1. The van der Waals surface area contributed by atoms with Crippen molar-refractivity contribution in [3.63, 3.8) is 0 Å². The Kier molecular flexibility index (Phi) is 4.34. The van der Waals surface area contributed by atoms with Crippen molar-refractivity contribution >= 4 is 39.7 Å². The highest BCUT2D eigenvalue weighted by atomic mass is 79.9. The van der Waals surface area contributed by atoms with E-state index < -0.39 is 17.9 Å². The van der Waals surface area contributed by atoms with E-state index in [1.807, 2.05) is 24.3 Å². The third-order valence-corrected chi connectivity index (χ3v) is 3.74. The Morgan fingerprint density at radius 1 is 1.40 bits per heavy atom. The summed E-state index contributed by atoms with van der Waals surface area (Å²) in [4.78, 5) is 36.1. The molecule has 1 saturated heterocycles. The van der Waals surface area contributed by atoms with Crippen molar-refractivity contribution in [1.29, 1.82) is 0 Å². The quantitative estimate of drug-likeness (QED) is 0.654. The van der Waals surface area contributed by atoms with Crippen LogP contribution in [0.2, 0.25) is 0 Å². The van der Waals surface area contributed by atoms with Gasteiger partial charge >= 0.3 is 0 Å². The number of piperazine rings is 1. The second kappa shape index (κ2) is 6.00. The predicted octanol–water partition coefficient (Wildman–Crippen LogP) is 1.34. The molecule has 1 atom stereocenters. The van der Waals surface area contributed by atoms with E-state index in [1.165, 1.54) is 11.0 Å². The monoisotopic (exact) mass is 336 g/mol. The standard InChI is InChI=1S/C14H13BrN2O3/c1-9-14(20)16-12(18)8-17(9)13(19)7-6-10-4-2-3-5-11(10)15/h2-7,9H,8H2,1H3,(H,16,18,20). The fraction of sp³-hybridized carbons (Fsp3) is 0.214. The lowest BCUT2D eigenvalue weighted by Crippen LogP contribution is -2.58. The van der Waals surface area contributed by atoms with Crippen LogP contribution in [0.25, 0.3) is 6.08 Å². The molecule has 0 radical (unpaired) electrons. The summed E-state index contributed by atoms with van der Waals surface area (Å²) in [5.74, 6) is -1.28. The van der Waals surface area contributed by atoms with E-state index in [4.69, 9.17) is 0 Å². The summed E-state index contributed by atoms with van der Waals surface area (Å²) in [6, 6.07) is 6.80. The van der Waals surface area contributed by atoms with E-state index in [9.17, 15) is 14.4 Å². The van der Waals surface area contributed by atoms with Crippen LogP contribution in [0.15, 0.2) is 34.8 Å². The Bertz CT molecular complexity index is 598. The molecule has 0 aliphatic carbocycles. The van der Waals surface area contributed by atoms with Gasteiger partial charge in [-0.15, -0.1) is 0 Å². The molecule has 6 heteroatoms. The maximum Gasteiger partial charge on any atom is 0.249 e. The van der Waals surface area contributed by atoms with Gasteiger partial charge in [-0.3, -0.25) is 19.7 Å². The van der Waals surface area contributed by atoms with Crippen LogP contribution in [0.3, 0.4) is 0 Å². The minimum atomic E-state index is -0.649. The molecule has 5 nitrogen and oxygen atoms in total. The first-order chi connectivity index (χ1) is 9.49. The van der Waals surface area contributed by atoms with E-state index in [0.29, 0.717) is 0 Å². The maximum absolute atomic E-state index is 12.1. The smallest absolute Gasteiger partial charge is 0.249 e. The number of benzene rings is 1. The summed E-state index contributed by atoms with van der Waals surface area (Å²) in [6.07, 6.45) is 3.01. The number of rotatable bonds is 2. The highest BCUT2D eigenvalue weighted by molar-refractivity contribution is 9.10. The Balaban J connectivity index is 2.13. The average Bonchev–Trinajstić information content (AvgIpc) is 2.41. The van der Waals surface area contributed by atoms with Crippen molar-refractivity contribution < 1.29 is 14.4 Å². The fourth-order valence-electron chi connectivity index (χ4n) is 1.85. The van der Waals surface area contributed by atoms with Gasteiger partial charge in [0.25, 0.3) is 0 Å². The van der Waals surface area contributed by atoms with Gasteiger partial charge in [0.05, 0.1) is 0 Å². The first-order valence-electron chi connectivity index (χ1n) is 6.06. The molecule has 1 fully saturated rings. The molecule has 0 aromatic heterocycles. The van der Waals surface area contributed by atoms with Crippen LogP contribution in [0.5, 0.6) is 0 Å². The topological polar surface area (TPSA) is 66.5 Å². The number of carbonyl (C=O) groups is 3. The lowest BCUT2D eigenvalue weighted by atomic mass is 10.1. The van der Waals surface area contributed by atoms with Crippen LogP contribution in [0.4, 0.5) is 0 Å². The molecule has 0 saturated carbocycles. The molecule has 104 valence electrons. The summed E-state index contributed by atoms with van der Waals surface area (Å²) in [6.45, 7) is 1.48. The molecule has 1 unspecified atom stereocenters. The van der Waals surface area contributed by atoms with Gasteiger partial charge < -0.3 is 4.90 Å². The number of carbonyl (C=O) groups excluding carboxylic acids is 3. The SMILES string of the molecule is CC1C(=O)NC(=O)CN1C(=O)C=Cc1ccccc1Br. The Hall–Kier alpha value is -1.95. The second-order valence-corrected chi connectivity index (χ2v) is 5.26. The second-order valence-electron chi connectivity index (χ2n) is 4.41. The van der Waals surface area contributed by atoms with Crippen LogP contribution in [0, 0.1) is 0 Å². The van der Waals surface area contributed by atoms with Crippen molar-refractivity contribution in [3.05, 3.63) is 40.4 Å². The zero-order valence-electron chi connectivity index (χ0n) is 10.8. The third-order valence-electron chi connectivity index (χ3n) is 3.02. The molecular formula is C14H13BrN2O3. The number of hydrogen-bond donors (Lipinski definition) is 1. The number of hydrogen-bond acceptors (Lipinski definition) is 3. The van der Waals surface area contributed by atoms with Crippen molar-refractivity contribution in [2.24, 2.45) is 0 Å². The molecule has 1 heterocycles. The van der Waals surface area contributed by atoms with Gasteiger partial charge in [-0.05, 0) is 24.6 Å². The summed E-state index contributed by atoms with van der Waals surface area (Å²) >= 11 is 3.38. The molecule has 1 aliphatic heterocycles. The summed E-state index contributed by atoms with van der Waals surface area (Å²) in [5, 5.41) is 2.19. The molecule has 3 amide bonds. The van der Waals surface area contributed by atoms with Gasteiger partial charge in [-0.25, -0.2) is 0 Å². The largest absolute Gasteiger partial charge is 0.318 e. The van der Waals surface area contributed by atoms with E-state index in [1.54, 1.807) is 13.0 Å². The zero-order valence-corrected chi connectivity index (χ0v) is 12.4. The van der Waals surface area contributed by atoms with Crippen molar-refractivity contribution in [2.75, 3.05) is 6.54 Å². The predicted molar refractivity (Wildman–Crippen MR) is 77.5 cm³/mol. The molecule has 1 aromatic carbocycles. The van der Waals surface area contributed by atoms with Crippen LogP contribution < -0.4 is 5.32 Å². The van der Waals surface area contributed by atoms with Gasteiger partial charge in [-0.1, -0.05) is 34.1 Å². The van der Waals surface area contributed by atoms with E-state index >= 15 is 0 Å². The lowest BCUT2D eigenvalue weighted by Gasteiger charge is -2.30. The summed E-state index contributed by atoms with van der Waals surface area (Å²) in [5.41, 5.74) is 0.848. The third kappa shape index (κ3) is 3.14. The van der Waals surface area contributed by atoms with Crippen LogP contribution in [-0.4, -0.2) is 35.2 Å². The normalized spacial score (nSPS) is 19.3. The highest BCUT2D eigenvalue weighted by Crippen LogP contribution is 2.17. The Labute approximate surface area is 124 Å². The number of nitrogens with zero attached hydrogens (tertiary/aromatic N) is 1. The summed E-state index contributed by atoms with van der Waals surface area (Å²) in [7, 11) is 0. The lowest BCUT2D eigenvalue weighted by molar-refractivity contribution is -0.147. The first kappa shape index (κ1) is 14.5. The van der Waals surface area contributed by atoms with E-state index in [0.717, 1.165) is 10.0 Å². The molecule has 1 N–H and O–H groups in total. The maximum atomic E-state index is 12.1. The molecule has 1 aliphatic rings. The van der Waals surface area contributed by atoms with Crippen LogP contribution in [-0.2, 0) is 14.4 Å². The zero-order chi connectivity index (χ0) is 14.7. The van der Waals surface area contributed by atoms with Crippen molar-refractivity contribution in [1.82, 2.24) is 10.2 Å². The number of amides is 3. The minimum Gasteiger partial charge on any atom is -0.318 e. The first-order valence-corrected chi connectivity index (χ1v) is 6.85. The molecular weight excluding hydrogens is 324 g/mol. The van der Waals surface area contributed by atoms with Gasteiger partial charge in [0.15, 0.2) is 0 Å². The van der Waals surface area contributed by atoms with Gasteiger partial charge in [0.2, 0.25) is 17.7 Å². The van der Waals surface area contributed by atoms with Crippen molar-refractivity contribution in [3.8, 4) is 0 Å². The van der Waals surface area contributed by atoms with Gasteiger partial charge in [0.1, 0.15) is 12.6 Å². The molecule has 0 bridgehead atoms. The van der Waals surface area contributed by atoms with E-state index in [2.05, 4.69) is 21.2 Å². The van der Waals surface area contributed by atoms with Crippen molar-refractivity contribution in [2.45, 2.75) is 13.0 Å². The molecule has 1 aromatic rings. The minimum absolute atomic E-state index is 0.105. The van der Waals surface area contributed by atoms with Gasteiger partial charge in [-0.2, -0.15) is 0 Å². The Morgan fingerprint density at radius 3 is 2.80 bits per heavy atom. The van der Waals surface area contributed by atoms with Crippen LogP contribution in [0.1, 0.15) is 12.5 Å². The highest BCUT2D eigenvalue weighted by Gasteiger charge is 2.32. The number of imide groups is 1.